The molecule has 0 aliphatic carbocycles. The standard InChI is InChI=1S/C27H19ClN2O3/c1-33-21-9-5-8-20(16-21)30-26(31)24(18-12-14-19(28)15-13-18)25(27(30)32)29-23-11-4-7-17-6-2-3-10-22(17)23/h2-16,29H,1H3. The van der Waals surface area contributed by atoms with Gasteiger partial charge in [-0.25, -0.2) is 4.90 Å². The Morgan fingerprint density at radius 2 is 1.55 bits per heavy atom. The number of hydrogen-bond donors (Lipinski definition) is 1. The number of hydrogen-bond acceptors (Lipinski definition) is 4. The zero-order valence-corrected chi connectivity index (χ0v) is 18.5. The number of carbonyl (C=O) groups excluding carboxylic acids is 2. The molecule has 0 saturated heterocycles. The molecule has 6 heteroatoms. The van der Waals surface area contributed by atoms with Crippen LogP contribution in [0.4, 0.5) is 11.4 Å². The summed E-state index contributed by atoms with van der Waals surface area (Å²) in [5, 5.41) is 5.78. The van der Waals surface area contributed by atoms with Crippen LogP contribution in [0.1, 0.15) is 5.56 Å². The average Bonchev–Trinajstić information content (AvgIpc) is 3.09. The van der Waals surface area contributed by atoms with Gasteiger partial charge in [0.25, 0.3) is 11.8 Å². The fraction of sp³-hybridized carbons (Fsp3) is 0.0370. The van der Waals surface area contributed by atoms with Crippen molar-refractivity contribution in [2.24, 2.45) is 0 Å². The molecular weight excluding hydrogens is 436 g/mol. The number of imide groups is 1. The van der Waals surface area contributed by atoms with Crippen molar-refractivity contribution in [3.05, 3.63) is 107 Å². The third-order valence-corrected chi connectivity index (χ3v) is 5.83. The topological polar surface area (TPSA) is 58.6 Å². The van der Waals surface area contributed by atoms with Gasteiger partial charge in [-0.2, -0.15) is 0 Å². The van der Waals surface area contributed by atoms with Gasteiger partial charge in [-0.05, 0) is 41.3 Å². The normalized spacial score (nSPS) is 13.7. The van der Waals surface area contributed by atoms with Crippen LogP contribution < -0.4 is 15.0 Å². The Bertz CT molecular complexity index is 1420. The molecule has 1 aliphatic heterocycles. The molecular formula is C27H19ClN2O3. The number of carbonyl (C=O) groups is 2. The number of amides is 2. The predicted octanol–water partition coefficient (Wildman–Crippen LogP) is 5.90. The van der Waals surface area contributed by atoms with Crippen molar-refractivity contribution >= 4 is 51.1 Å². The molecule has 1 heterocycles. The Kier molecular flexibility index (Phi) is 5.32. The maximum atomic E-state index is 13.6. The second kappa shape index (κ2) is 8.45. The highest BCUT2D eigenvalue weighted by molar-refractivity contribution is 6.46. The monoisotopic (exact) mass is 454 g/mol. The maximum absolute atomic E-state index is 13.6. The molecule has 33 heavy (non-hydrogen) atoms. The minimum absolute atomic E-state index is 0.210. The van der Waals surface area contributed by atoms with Crippen LogP contribution >= 0.6 is 11.6 Å². The molecule has 0 atom stereocenters. The number of nitrogens with one attached hydrogen (secondary N) is 1. The van der Waals surface area contributed by atoms with Crippen LogP contribution in [0, 0.1) is 0 Å². The summed E-state index contributed by atoms with van der Waals surface area (Å²) in [5.41, 5.74) is 2.27. The fourth-order valence-electron chi connectivity index (χ4n) is 3.98. The van der Waals surface area contributed by atoms with Crippen LogP contribution in [0.3, 0.4) is 0 Å². The summed E-state index contributed by atoms with van der Waals surface area (Å²) in [6.45, 7) is 0. The first-order valence-electron chi connectivity index (χ1n) is 10.3. The van der Waals surface area contributed by atoms with Crippen molar-refractivity contribution in [3.63, 3.8) is 0 Å². The van der Waals surface area contributed by atoms with E-state index in [9.17, 15) is 9.59 Å². The van der Waals surface area contributed by atoms with E-state index in [1.807, 2.05) is 42.5 Å². The summed E-state index contributed by atoms with van der Waals surface area (Å²) >= 11 is 6.06. The third-order valence-electron chi connectivity index (χ3n) is 5.58. The molecule has 5 nitrogen and oxygen atoms in total. The van der Waals surface area contributed by atoms with E-state index in [0.29, 0.717) is 22.0 Å². The van der Waals surface area contributed by atoms with Crippen LogP contribution in [0.5, 0.6) is 5.75 Å². The SMILES string of the molecule is COc1cccc(N2C(=O)C(Nc3cccc4ccccc34)=C(c3ccc(Cl)cc3)C2=O)c1. The maximum Gasteiger partial charge on any atom is 0.282 e. The van der Waals surface area contributed by atoms with Gasteiger partial charge in [-0.3, -0.25) is 9.59 Å². The van der Waals surface area contributed by atoms with Gasteiger partial charge in [-0.15, -0.1) is 0 Å². The minimum atomic E-state index is -0.439. The molecule has 0 bridgehead atoms. The Labute approximate surface area is 195 Å². The van der Waals surface area contributed by atoms with E-state index in [-0.39, 0.29) is 11.3 Å². The number of anilines is 2. The zero-order valence-electron chi connectivity index (χ0n) is 17.7. The molecule has 2 amide bonds. The van der Waals surface area contributed by atoms with E-state index in [4.69, 9.17) is 16.3 Å². The number of fused-ring (bicyclic) bond motifs is 1. The molecule has 0 saturated carbocycles. The van der Waals surface area contributed by atoms with Gasteiger partial charge in [0.1, 0.15) is 11.4 Å². The van der Waals surface area contributed by atoms with Crippen LogP contribution in [-0.2, 0) is 9.59 Å². The lowest BCUT2D eigenvalue weighted by Gasteiger charge is -2.16. The van der Waals surface area contributed by atoms with Crippen molar-refractivity contribution in [1.82, 2.24) is 0 Å². The predicted molar refractivity (Wildman–Crippen MR) is 131 cm³/mol. The minimum Gasteiger partial charge on any atom is -0.497 e. The highest BCUT2D eigenvalue weighted by atomic mass is 35.5. The first-order chi connectivity index (χ1) is 16.1. The molecule has 0 radical (unpaired) electrons. The van der Waals surface area contributed by atoms with E-state index >= 15 is 0 Å². The van der Waals surface area contributed by atoms with E-state index < -0.39 is 11.8 Å². The smallest absolute Gasteiger partial charge is 0.282 e. The number of rotatable bonds is 5. The number of benzene rings is 4. The van der Waals surface area contributed by atoms with Gasteiger partial charge in [0.05, 0.1) is 18.4 Å². The van der Waals surface area contributed by atoms with E-state index in [1.165, 1.54) is 12.0 Å². The van der Waals surface area contributed by atoms with Crippen molar-refractivity contribution in [1.29, 1.82) is 0 Å². The fourth-order valence-corrected chi connectivity index (χ4v) is 4.11. The zero-order chi connectivity index (χ0) is 22.9. The van der Waals surface area contributed by atoms with E-state index in [1.54, 1.807) is 48.5 Å². The number of nitrogens with zero attached hydrogens (tertiary/aromatic N) is 1. The third kappa shape index (κ3) is 3.73. The quantitative estimate of drug-likeness (QED) is 0.381. The summed E-state index contributed by atoms with van der Waals surface area (Å²) in [6, 6.07) is 27.4. The van der Waals surface area contributed by atoms with Gasteiger partial charge in [0, 0.05) is 22.2 Å². The number of methoxy groups -OCH3 is 1. The Morgan fingerprint density at radius 1 is 0.818 bits per heavy atom. The van der Waals surface area contributed by atoms with Crippen molar-refractivity contribution in [2.45, 2.75) is 0 Å². The first kappa shape index (κ1) is 20.8. The number of ether oxygens (including phenoxy) is 1. The first-order valence-corrected chi connectivity index (χ1v) is 10.7. The van der Waals surface area contributed by atoms with Crippen molar-refractivity contribution in [2.75, 3.05) is 17.3 Å². The molecule has 1 N–H and O–H groups in total. The molecule has 0 fully saturated rings. The highest BCUT2D eigenvalue weighted by Crippen LogP contribution is 2.36. The summed E-state index contributed by atoms with van der Waals surface area (Å²) < 4.78 is 5.29. The van der Waals surface area contributed by atoms with Gasteiger partial charge in [0.15, 0.2) is 0 Å². The lowest BCUT2D eigenvalue weighted by atomic mass is 10.0. The van der Waals surface area contributed by atoms with Crippen molar-refractivity contribution < 1.29 is 14.3 Å². The van der Waals surface area contributed by atoms with Gasteiger partial charge in [-0.1, -0.05) is 66.2 Å². The largest absolute Gasteiger partial charge is 0.497 e. The van der Waals surface area contributed by atoms with Gasteiger partial charge in [0.2, 0.25) is 0 Å². The second-order valence-electron chi connectivity index (χ2n) is 7.56. The van der Waals surface area contributed by atoms with Crippen molar-refractivity contribution in [3.8, 4) is 5.75 Å². The van der Waals surface area contributed by atoms with E-state index in [0.717, 1.165) is 16.5 Å². The number of halogens is 1. The summed E-state index contributed by atoms with van der Waals surface area (Å²) in [5.74, 6) is -0.305. The molecule has 4 aromatic carbocycles. The average molecular weight is 455 g/mol. The molecule has 1 aliphatic rings. The molecule has 0 aromatic heterocycles. The van der Waals surface area contributed by atoms with Gasteiger partial charge < -0.3 is 10.1 Å². The molecule has 162 valence electrons. The molecule has 4 aromatic rings. The van der Waals surface area contributed by atoms with Crippen LogP contribution in [0.15, 0.2) is 96.7 Å². The summed E-state index contributed by atoms with van der Waals surface area (Å²) in [7, 11) is 1.54. The van der Waals surface area contributed by atoms with E-state index in [2.05, 4.69) is 5.32 Å². The lowest BCUT2D eigenvalue weighted by Crippen LogP contribution is -2.32. The van der Waals surface area contributed by atoms with Gasteiger partial charge >= 0.3 is 0 Å². The Balaban J connectivity index is 1.65. The Hall–Kier alpha value is -4.09. The summed E-state index contributed by atoms with van der Waals surface area (Å²) in [4.78, 5) is 28.4. The van der Waals surface area contributed by atoms with Crippen LogP contribution in [0.25, 0.3) is 16.3 Å². The summed E-state index contributed by atoms with van der Waals surface area (Å²) in [6.07, 6.45) is 0. The lowest BCUT2D eigenvalue weighted by molar-refractivity contribution is -0.120. The van der Waals surface area contributed by atoms with Crippen LogP contribution in [0.2, 0.25) is 5.02 Å². The highest BCUT2D eigenvalue weighted by Gasteiger charge is 2.40. The van der Waals surface area contributed by atoms with Crippen LogP contribution in [-0.4, -0.2) is 18.9 Å². The second-order valence-corrected chi connectivity index (χ2v) is 7.99. The molecule has 0 spiro atoms. The molecule has 5 rings (SSSR count). The Morgan fingerprint density at radius 3 is 2.33 bits per heavy atom. The molecule has 0 unspecified atom stereocenters.